The van der Waals surface area contributed by atoms with E-state index in [0.717, 1.165) is 32.4 Å². The number of nitrogens with zero attached hydrogens (tertiary/aromatic N) is 1. The van der Waals surface area contributed by atoms with E-state index in [9.17, 15) is 0 Å². The Morgan fingerprint density at radius 1 is 1.17 bits per heavy atom. The third-order valence-corrected chi connectivity index (χ3v) is 2.01. The smallest absolute Gasteiger partial charge is 0.0569 e. The minimum absolute atomic E-state index is 0.479. The van der Waals surface area contributed by atoms with Crippen molar-refractivity contribution in [2.75, 3.05) is 27.2 Å². The summed E-state index contributed by atoms with van der Waals surface area (Å²) < 4.78 is 5.66. The lowest BCUT2D eigenvalue weighted by molar-refractivity contribution is 0.0440. The highest BCUT2D eigenvalue weighted by Crippen LogP contribution is 2.02. The van der Waals surface area contributed by atoms with E-state index in [1.165, 1.54) is 0 Å². The van der Waals surface area contributed by atoms with Crippen LogP contribution in [0.15, 0.2) is 0 Å². The van der Waals surface area contributed by atoms with Gasteiger partial charge in [0.25, 0.3) is 0 Å². The second kappa shape index (κ2) is 7.56. The molecule has 0 bridgehead atoms. The predicted molar refractivity (Wildman–Crippen MR) is 53.5 cm³/mol. The Morgan fingerprint density at radius 3 is 2.17 bits per heavy atom. The first-order valence-corrected chi connectivity index (χ1v) is 4.97. The fourth-order valence-corrected chi connectivity index (χ4v) is 1.16. The van der Waals surface area contributed by atoms with Crippen molar-refractivity contribution in [3.05, 3.63) is 0 Å². The summed E-state index contributed by atoms with van der Waals surface area (Å²) in [5, 5.41) is 0. The summed E-state index contributed by atoms with van der Waals surface area (Å²) in [7, 11) is 4.19. The largest absolute Gasteiger partial charge is 0.378 e. The molecule has 0 aromatic carbocycles. The van der Waals surface area contributed by atoms with E-state index in [1.807, 2.05) is 0 Å². The maximum atomic E-state index is 5.66. The van der Waals surface area contributed by atoms with Crippen LogP contribution in [-0.4, -0.2) is 38.3 Å². The summed E-state index contributed by atoms with van der Waals surface area (Å²) >= 11 is 0. The molecule has 12 heavy (non-hydrogen) atoms. The van der Waals surface area contributed by atoms with Crippen molar-refractivity contribution in [3.63, 3.8) is 0 Å². The summed E-state index contributed by atoms with van der Waals surface area (Å²) in [6, 6.07) is 0. The van der Waals surface area contributed by atoms with Gasteiger partial charge in [0.15, 0.2) is 0 Å². The molecule has 0 radical (unpaired) electrons. The zero-order valence-electron chi connectivity index (χ0n) is 8.97. The molecule has 0 aliphatic heterocycles. The zero-order valence-corrected chi connectivity index (χ0v) is 8.97. The Hall–Kier alpha value is -0.0800. The van der Waals surface area contributed by atoms with Crippen LogP contribution in [0.3, 0.4) is 0 Å². The van der Waals surface area contributed by atoms with Gasteiger partial charge in [-0.3, -0.25) is 0 Å². The highest BCUT2D eigenvalue weighted by molar-refractivity contribution is 4.51. The number of hydrogen-bond donors (Lipinski definition) is 0. The molecule has 0 spiro atoms. The zero-order chi connectivity index (χ0) is 9.40. The molecule has 0 unspecified atom stereocenters. The summed E-state index contributed by atoms with van der Waals surface area (Å²) in [5.74, 6) is 0. The van der Waals surface area contributed by atoms with Crippen molar-refractivity contribution in [3.8, 4) is 0 Å². The maximum Gasteiger partial charge on any atom is 0.0569 e. The molecule has 0 saturated carbocycles. The third-order valence-electron chi connectivity index (χ3n) is 2.01. The Labute approximate surface area is 76.9 Å². The van der Waals surface area contributed by atoms with Gasteiger partial charge in [0.05, 0.1) is 6.10 Å². The lowest BCUT2D eigenvalue weighted by Gasteiger charge is -2.15. The van der Waals surface area contributed by atoms with Crippen LogP contribution < -0.4 is 0 Å². The molecule has 0 aliphatic rings. The normalized spacial score (nSPS) is 11.5. The van der Waals surface area contributed by atoms with Gasteiger partial charge in [-0.2, -0.15) is 0 Å². The molecule has 2 nitrogen and oxygen atoms in total. The van der Waals surface area contributed by atoms with E-state index in [4.69, 9.17) is 4.74 Å². The van der Waals surface area contributed by atoms with Crippen molar-refractivity contribution >= 4 is 0 Å². The fourth-order valence-electron chi connectivity index (χ4n) is 1.16. The van der Waals surface area contributed by atoms with Gasteiger partial charge in [-0.25, -0.2) is 0 Å². The van der Waals surface area contributed by atoms with Crippen LogP contribution in [0.5, 0.6) is 0 Å². The average Bonchev–Trinajstić information content (AvgIpc) is 2.04. The lowest BCUT2D eigenvalue weighted by Crippen LogP contribution is -2.17. The van der Waals surface area contributed by atoms with Gasteiger partial charge in [0.1, 0.15) is 0 Å². The Morgan fingerprint density at radius 2 is 1.75 bits per heavy atom. The molecule has 0 atom stereocenters. The first-order chi connectivity index (χ1) is 5.70. The molecule has 0 aromatic rings. The first kappa shape index (κ1) is 11.9. The Kier molecular flexibility index (Phi) is 7.51. The second-order valence-electron chi connectivity index (χ2n) is 3.47. The topological polar surface area (TPSA) is 12.5 Å². The quantitative estimate of drug-likeness (QED) is 0.547. The number of rotatable bonds is 7. The molecular formula is C10H23NO. The number of ether oxygens (including phenoxy) is 1. The van der Waals surface area contributed by atoms with E-state index in [0.29, 0.717) is 6.10 Å². The van der Waals surface area contributed by atoms with E-state index in [2.05, 4.69) is 32.8 Å². The van der Waals surface area contributed by atoms with Crippen molar-refractivity contribution < 1.29 is 4.74 Å². The second-order valence-corrected chi connectivity index (χ2v) is 3.47. The summed E-state index contributed by atoms with van der Waals surface area (Å²) in [4.78, 5) is 2.19. The van der Waals surface area contributed by atoms with Crippen LogP contribution in [0.4, 0.5) is 0 Å². The predicted octanol–water partition coefficient (Wildman–Crippen LogP) is 2.14. The molecule has 0 aliphatic carbocycles. The minimum atomic E-state index is 0.479. The van der Waals surface area contributed by atoms with E-state index in [-0.39, 0.29) is 0 Å². The summed E-state index contributed by atoms with van der Waals surface area (Å²) in [6.45, 7) is 6.39. The van der Waals surface area contributed by atoms with E-state index in [1.54, 1.807) is 0 Å². The first-order valence-electron chi connectivity index (χ1n) is 4.97. The lowest BCUT2D eigenvalue weighted by atomic mass is 10.2. The standard InChI is InChI=1S/C10H23NO/c1-5-10(6-2)12-9-7-8-11(3)4/h10H,5-9H2,1-4H3. The molecule has 0 heterocycles. The van der Waals surface area contributed by atoms with Crippen LogP contribution in [0.2, 0.25) is 0 Å². The average molecular weight is 173 g/mol. The van der Waals surface area contributed by atoms with Gasteiger partial charge in [0, 0.05) is 6.61 Å². The van der Waals surface area contributed by atoms with Crippen LogP contribution in [0.25, 0.3) is 0 Å². The van der Waals surface area contributed by atoms with Crippen LogP contribution in [0.1, 0.15) is 33.1 Å². The molecule has 0 rings (SSSR count). The third kappa shape index (κ3) is 6.62. The van der Waals surface area contributed by atoms with Crippen molar-refractivity contribution in [2.45, 2.75) is 39.2 Å². The summed E-state index contributed by atoms with van der Waals surface area (Å²) in [6.07, 6.45) is 3.90. The molecule has 0 amide bonds. The monoisotopic (exact) mass is 173 g/mol. The molecule has 2 heteroatoms. The van der Waals surface area contributed by atoms with Crippen molar-refractivity contribution in [2.24, 2.45) is 0 Å². The van der Waals surface area contributed by atoms with Gasteiger partial charge >= 0.3 is 0 Å². The van der Waals surface area contributed by atoms with E-state index < -0.39 is 0 Å². The van der Waals surface area contributed by atoms with Crippen LogP contribution >= 0.6 is 0 Å². The maximum absolute atomic E-state index is 5.66. The van der Waals surface area contributed by atoms with Crippen molar-refractivity contribution in [1.29, 1.82) is 0 Å². The minimum Gasteiger partial charge on any atom is -0.378 e. The van der Waals surface area contributed by atoms with Gasteiger partial charge in [-0.1, -0.05) is 13.8 Å². The van der Waals surface area contributed by atoms with E-state index >= 15 is 0 Å². The highest BCUT2D eigenvalue weighted by atomic mass is 16.5. The summed E-state index contributed by atoms with van der Waals surface area (Å²) in [5.41, 5.74) is 0. The van der Waals surface area contributed by atoms with Crippen molar-refractivity contribution in [1.82, 2.24) is 4.90 Å². The fraction of sp³-hybridized carbons (Fsp3) is 1.00. The Bertz CT molecular complexity index is 89.8. The Balaban J connectivity index is 3.17. The molecule has 0 N–H and O–H groups in total. The molecule has 0 fully saturated rings. The molecule has 74 valence electrons. The van der Waals surface area contributed by atoms with Gasteiger partial charge in [-0.15, -0.1) is 0 Å². The van der Waals surface area contributed by atoms with Gasteiger partial charge in [0.2, 0.25) is 0 Å². The van der Waals surface area contributed by atoms with Gasteiger partial charge in [-0.05, 0) is 39.9 Å². The molecular weight excluding hydrogens is 150 g/mol. The van der Waals surface area contributed by atoms with Crippen LogP contribution in [-0.2, 0) is 4.74 Å². The molecule has 0 aromatic heterocycles. The number of hydrogen-bond acceptors (Lipinski definition) is 2. The highest BCUT2D eigenvalue weighted by Gasteiger charge is 2.01. The molecule has 0 saturated heterocycles. The SMILES string of the molecule is CCC(CC)OCCCN(C)C. The van der Waals surface area contributed by atoms with Crippen LogP contribution in [0, 0.1) is 0 Å². The van der Waals surface area contributed by atoms with Gasteiger partial charge < -0.3 is 9.64 Å².